The van der Waals surface area contributed by atoms with Gasteiger partial charge in [-0.15, -0.1) is 0 Å². The number of halogens is 1. The van der Waals surface area contributed by atoms with E-state index in [0.717, 1.165) is 16.5 Å². The van der Waals surface area contributed by atoms with Gasteiger partial charge in [0.15, 0.2) is 0 Å². The fourth-order valence-corrected chi connectivity index (χ4v) is 4.76. The van der Waals surface area contributed by atoms with Crippen LogP contribution in [0.2, 0.25) is 5.02 Å². The molecule has 9 heteroatoms. The van der Waals surface area contributed by atoms with Gasteiger partial charge in [-0.2, -0.15) is 0 Å². The maximum absolute atomic E-state index is 13.2. The van der Waals surface area contributed by atoms with E-state index >= 15 is 0 Å². The monoisotopic (exact) mass is 476 g/mol. The average Bonchev–Trinajstić information content (AvgIpc) is 3.41. The molecule has 0 saturated heterocycles. The van der Waals surface area contributed by atoms with E-state index in [4.69, 9.17) is 11.6 Å². The Morgan fingerprint density at radius 1 is 1.12 bits per heavy atom. The number of aromatic nitrogens is 4. The minimum absolute atomic E-state index is 0.214. The molecule has 0 bridgehead atoms. The zero-order chi connectivity index (χ0) is 23.8. The van der Waals surface area contributed by atoms with Gasteiger partial charge in [0.25, 0.3) is 5.56 Å². The van der Waals surface area contributed by atoms with Crippen molar-refractivity contribution in [3.05, 3.63) is 86.3 Å². The van der Waals surface area contributed by atoms with Gasteiger partial charge in [-0.05, 0) is 37.5 Å². The Kier molecular flexibility index (Phi) is 5.83. The van der Waals surface area contributed by atoms with E-state index in [9.17, 15) is 9.59 Å². The highest BCUT2D eigenvalue weighted by atomic mass is 35.5. The Morgan fingerprint density at radius 2 is 1.91 bits per heavy atom. The standard InChI is InChI=1S/C25H25ClN6O2/c1-14-5-15(2)7-16(6-14)9-27-20-13-28-22-4-3-21(32(22)25(20)34)24(33)31-11-17-8-18-19(26)12-30-23(18)29-10-17/h5-8,10,12-13,21,27H,3-4,9,11H2,1-2H3,(H,29,30)(H,31,33)/t21-/m0/s1. The van der Waals surface area contributed by atoms with Crippen LogP contribution in [0, 0.1) is 13.8 Å². The van der Waals surface area contributed by atoms with E-state index in [1.807, 2.05) is 19.9 Å². The van der Waals surface area contributed by atoms with Gasteiger partial charge in [0, 0.05) is 37.3 Å². The molecule has 3 aromatic heterocycles. The van der Waals surface area contributed by atoms with Crippen molar-refractivity contribution in [1.29, 1.82) is 0 Å². The Morgan fingerprint density at radius 3 is 2.71 bits per heavy atom. The van der Waals surface area contributed by atoms with Crippen LogP contribution in [0.1, 0.15) is 40.5 Å². The van der Waals surface area contributed by atoms with Crippen molar-refractivity contribution >= 4 is 34.2 Å². The van der Waals surface area contributed by atoms with Crippen molar-refractivity contribution in [3.63, 3.8) is 0 Å². The fraction of sp³-hybridized carbons (Fsp3) is 0.280. The molecule has 0 aliphatic carbocycles. The lowest BCUT2D eigenvalue weighted by Crippen LogP contribution is -2.36. The van der Waals surface area contributed by atoms with Gasteiger partial charge < -0.3 is 15.6 Å². The summed E-state index contributed by atoms with van der Waals surface area (Å²) in [4.78, 5) is 38.0. The molecular weight excluding hydrogens is 452 g/mol. The highest BCUT2D eigenvalue weighted by Gasteiger charge is 2.31. The van der Waals surface area contributed by atoms with Crippen LogP contribution in [0.4, 0.5) is 5.69 Å². The highest BCUT2D eigenvalue weighted by molar-refractivity contribution is 6.35. The molecule has 0 spiro atoms. The summed E-state index contributed by atoms with van der Waals surface area (Å²) in [6.07, 6.45) is 6.06. The van der Waals surface area contributed by atoms with Crippen LogP contribution in [0.25, 0.3) is 11.0 Å². The first kappa shape index (κ1) is 22.2. The number of pyridine rings is 1. The Bertz CT molecular complexity index is 1440. The molecule has 1 amide bonds. The van der Waals surface area contributed by atoms with Gasteiger partial charge in [-0.1, -0.05) is 40.9 Å². The van der Waals surface area contributed by atoms with E-state index in [-0.39, 0.29) is 11.5 Å². The van der Waals surface area contributed by atoms with Crippen molar-refractivity contribution in [2.45, 2.75) is 45.8 Å². The molecule has 0 fully saturated rings. The summed E-state index contributed by atoms with van der Waals surface area (Å²) in [7, 11) is 0. The van der Waals surface area contributed by atoms with Crippen molar-refractivity contribution < 1.29 is 4.79 Å². The van der Waals surface area contributed by atoms with Gasteiger partial charge >= 0.3 is 0 Å². The molecule has 1 aromatic carbocycles. The van der Waals surface area contributed by atoms with Crippen LogP contribution in [0.3, 0.4) is 0 Å². The molecule has 8 nitrogen and oxygen atoms in total. The number of amides is 1. The van der Waals surface area contributed by atoms with Crippen LogP contribution in [-0.2, 0) is 24.3 Å². The van der Waals surface area contributed by atoms with E-state index in [1.165, 1.54) is 15.7 Å². The normalized spacial score (nSPS) is 14.9. The molecule has 4 aromatic rings. The first-order valence-corrected chi connectivity index (χ1v) is 11.6. The van der Waals surface area contributed by atoms with Crippen LogP contribution in [-0.4, -0.2) is 25.4 Å². The molecule has 1 aliphatic heterocycles. The minimum Gasteiger partial charge on any atom is -0.375 e. The molecule has 174 valence electrons. The van der Waals surface area contributed by atoms with Crippen LogP contribution in [0.15, 0.2) is 47.7 Å². The van der Waals surface area contributed by atoms with Gasteiger partial charge in [0.1, 0.15) is 23.2 Å². The van der Waals surface area contributed by atoms with Crippen LogP contribution < -0.4 is 16.2 Å². The maximum Gasteiger partial charge on any atom is 0.277 e. The second-order valence-electron chi connectivity index (χ2n) is 8.76. The molecule has 5 rings (SSSR count). The minimum atomic E-state index is -0.592. The topological polar surface area (TPSA) is 105 Å². The molecule has 0 unspecified atom stereocenters. The lowest BCUT2D eigenvalue weighted by atomic mass is 10.1. The third-order valence-electron chi connectivity index (χ3n) is 6.09. The molecule has 0 radical (unpaired) electrons. The van der Waals surface area contributed by atoms with Crippen molar-refractivity contribution in [2.75, 3.05) is 5.32 Å². The van der Waals surface area contributed by atoms with E-state index < -0.39 is 6.04 Å². The van der Waals surface area contributed by atoms with Crippen LogP contribution >= 0.6 is 11.6 Å². The molecule has 34 heavy (non-hydrogen) atoms. The Balaban J connectivity index is 1.30. The summed E-state index contributed by atoms with van der Waals surface area (Å²) >= 11 is 6.17. The number of rotatable bonds is 6. The number of hydrogen-bond acceptors (Lipinski definition) is 5. The smallest absolute Gasteiger partial charge is 0.277 e. The van der Waals surface area contributed by atoms with E-state index in [0.29, 0.717) is 48.1 Å². The zero-order valence-electron chi connectivity index (χ0n) is 19.0. The summed E-state index contributed by atoms with van der Waals surface area (Å²) < 4.78 is 1.52. The first-order chi connectivity index (χ1) is 16.4. The molecule has 1 aliphatic rings. The van der Waals surface area contributed by atoms with Gasteiger partial charge in [0.05, 0.1) is 11.2 Å². The maximum atomic E-state index is 13.2. The predicted molar refractivity (Wildman–Crippen MR) is 132 cm³/mol. The number of fused-ring (bicyclic) bond motifs is 2. The molecule has 4 heterocycles. The molecule has 3 N–H and O–H groups in total. The number of aromatic amines is 1. The van der Waals surface area contributed by atoms with Crippen LogP contribution in [0.5, 0.6) is 0 Å². The van der Waals surface area contributed by atoms with Crippen molar-refractivity contribution in [2.24, 2.45) is 0 Å². The summed E-state index contributed by atoms with van der Waals surface area (Å²) in [6, 6.07) is 7.58. The Hall–Kier alpha value is -3.65. The highest BCUT2D eigenvalue weighted by Crippen LogP contribution is 2.24. The summed E-state index contributed by atoms with van der Waals surface area (Å²) in [5, 5.41) is 7.52. The lowest BCUT2D eigenvalue weighted by molar-refractivity contribution is -0.124. The number of nitrogens with one attached hydrogen (secondary N) is 3. The van der Waals surface area contributed by atoms with Crippen molar-refractivity contribution in [3.8, 4) is 0 Å². The zero-order valence-corrected chi connectivity index (χ0v) is 19.7. The predicted octanol–water partition coefficient (Wildman–Crippen LogP) is 3.81. The number of anilines is 1. The third kappa shape index (κ3) is 4.28. The third-order valence-corrected chi connectivity index (χ3v) is 6.41. The number of carbonyl (C=O) groups excluding carboxylic acids is 1. The number of benzene rings is 1. The lowest BCUT2D eigenvalue weighted by Gasteiger charge is -2.16. The summed E-state index contributed by atoms with van der Waals surface area (Å²) in [5.74, 6) is 0.415. The van der Waals surface area contributed by atoms with Gasteiger partial charge in [-0.25, -0.2) is 9.97 Å². The first-order valence-electron chi connectivity index (χ1n) is 11.2. The molecule has 1 atom stereocenters. The van der Waals surface area contributed by atoms with Gasteiger partial charge in [-0.3, -0.25) is 14.2 Å². The summed E-state index contributed by atoms with van der Waals surface area (Å²) in [6.45, 7) is 4.90. The van der Waals surface area contributed by atoms with E-state index in [2.05, 4.69) is 43.8 Å². The average molecular weight is 477 g/mol. The SMILES string of the molecule is Cc1cc(C)cc(CNc2cnc3n(c2=O)[C@H](C(=O)NCc2cnc4[nH]cc(Cl)c4c2)CC3)c1. The van der Waals surface area contributed by atoms with Crippen molar-refractivity contribution in [1.82, 2.24) is 24.8 Å². The van der Waals surface area contributed by atoms with E-state index in [1.54, 1.807) is 18.6 Å². The number of carbonyl (C=O) groups is 1. The quantitative estimate of drug-likeness (QED) is 0.392. The second kappa shape index (κ2) is 8.95. The number of H-pyrrole nitrogens is 1. The second-order valence-corrected chi connectivity index (χ2v) is 9.17. The number of nitrogens with zero attached hydrogens (tertiary/aromatic N) is 3. The Labute approximate surface area is 201 Å². The fourth-order valence-electron chi connectivity index (χ4n) is 4.56. The number of hydrogen-bond donors (Lipinski definition) is 3. The largest absolute Gasteiger partial charge is 0.375 e. The summed E-state index contributed by atoms with van der Waals surface area (Å²) in [5.41, 5.74) is 5.12. The number of aryl methyl sites for hydroxylation is 3. The molecular formula is C25H25ClN6O2. The van der Waals surface area contributed by atoms with Gasteiger partial charge in [0.2, 0.25) is 5.91 Å². The molecule has 0 saturated carbocycles.